The number of halogens is 6. The molecule has 4 rings (SSSR count). The lowest BCUT2D eigenvalue weighted by Gasteiger charge is -2.10. The van der Waals surface area contributed by atoms with Crippen LogP contribution in [0.3, 0.4) is 0 Å². The molecule has 13 heteroatoms. The molecule has 1 aliphatic heterocycles. The Kier molecular flexibility index (Phi) is 7.07. The summed E-state index contributed by atoms with van der Waals surface area (Å²) in [6.45, 7) is -2.04. The van der Waals surface area contributed by atoms with Crippen molar-refractivity contribution < 1.29 is 32.0 Å². The van der Waals surface area contributed by atoms with Crippen molar-refractivity contribution >= 4 is 52.1 Å². The predicted octanol–water partition coefficient (Wildman–Crippen LogP) is 4.96. The van der Waals surface area contributed by atoms with Gasteiger partial charge in [-0.15, -0.1) is 11.3 Å². The highest BCUT2D eigenvalue weighted by atomic mass is 35.5. The first kappa shape index (κ1) is 24.7. The summed E-state index contributed by atoms with van der Waals surface area (Å²) in [6, 6.07) is 2.85. The smallest absolute Gasteiger partial charge is 0.387 e. The van der Waals surface area contributed by atoms with Crippen LogP contribution in [0.1, 0.15) is 50.2 Å². The fourth-order valence-electron chi connectivity index (χ4n) is 3.84. The molecule has 1 aromatic heterocycles. The van der Waals surface area contributed by atoms with Crippen LogP contribution in [0, 0.1) is 5.82 Å². The van der Waals surface area contributed by atoms with Gasteiger partial charge in [0, 0.05) is 6.42 Å². The molecule has 0 bridgehead atoms. The molecule has 2 heterocycles. The minimum Gasteiger partial charge on any atom is -0.387 e. The molecule has 2 aromatic rings. The average molecular weight is 538 g/mol. The van der Waals surface area contributed by atoms with Crippen LogP contribution in [0.25, 0.3) is 0 Å². The highest BCUT2D eigenvalue weighted by Crippen LogP contribution is 2.40. The lowest BCUT2D eigenvalue weighted by molar-refractivity contribution is -0.137. The Balaban J connectivity index is 1.46. The van der Waals surface area contributed by atoms with Crippen LogP contribution in [-0.4, -0.2) is 36.8 Å². The first-order valence-electron chi connectivity index (χ1n) is 10.2. The van der Waals surface area contributed by atoms with Gasteiger partial charge in [0.25, 0.3) is 5.91 Å². The number of hydrogen-bond acceptors (Lipinski definition) is 5. The maximum Gasteiger partial charge on any atom is 0.405 e. The van der Waals surface area contributed by atoms with E-state index in [4.69, 9.17) is 28.0 Å². The van der Waals surface area contributed by atoms with E-state index >= 15 is 0 Å². The Morgan fingerprint density at radius 3 is 2.50 bits per heavy atom. The largest absolute Gasteiger partial charge is 0.405 e. The van der Waals surface area contributed by atoms with Gasteiger partial charge >= 0.3 is 6.18 Å². The summed E-state index contributed by atoms with van der Waals surface area (Å²) in [5, 5.41) is 7.99. The number of carbonyl (C=O) groups is 2. The van der Waals surface area contributed by atoms with E-state index in [0.29, 0.717) is 29.0 Å². The average Bonchev–Trinajstić information content (AvgIpc) is 3.50. The number of fused-ring (bicyclic) bond motifs is 1. The summed E-state index contributed by atoms with van der Waals surface area (Å²) < 4.78 is 50.4. The molecule has 2 N–H and O–H groups in total. The van der Waals surface area contributed by atoms with Crippen LogP contribution < -0.4 is 10.6 Å². The van der Waals surface area contributed by atoms with E-state index in [-0.39, 0.29) is 10.0 Å². The van der Waals surface area contributed by atoms with Crippen LogP contribution in [0.2, 0.25) is 10.0 Å². The molecule has 0 saturated carbocycles. The highest BCUT2D eigenvalue weighted by molar-refractivity contribution is 7.16. The molecule has 0 fully saturated rings. The Hall–Kier alpha value is -2.37. The van der Waals surface area contributed by atoms with Crippen molar-refractivity contribution in [1.82, 2.24) is 10.6 Å². The summed E-state index contributed by atoms with van der Waals surface area (Å²) in [5.74, 6) is -2.19. The van der Waals surface area contributed by atoms with Gasteiger partial charge in [-0.05, 0) is 48.1 Å². The number of alkyl halides is 3. The summed E-state index contributed by atoms with van der Waals surface area (Å²) >= 11 is 13.0. The van der Waals surface area contributed by atoms with Crippen molar-refractivity contribution in [1.29, 1.82) is 0 Å². The van der Waals surface area contributed by atoms with Gasteiger partial charge < -0.3 is 15.5 Å². The van der Waals surface area contributed by atoms with Crippen LogP contribution in [-0.2, 0) is 22.5 Å². The maximum absolute atomic E-state index is 13.7. The third-order valence-corrected chi connectivity index (χ3v) is 7.25. The lowest BCUT2D eigenvalue weighted by atomic mass is 10.0. The third-order valence-electron chi connectivity index (χ3n) is 5.38. The molecule has 0 saturated heterocycles. The minimum atomic E-state index is -4.53. The molecule has 34 heavy (non-hydrogen) atoms. The quantitative estimate of drug-likeness (QED) is 0.404. The second-order valence-electron chi connectivity index (χ2n) is 7.78. The SMILES string of the molecule is O=C(CNC(=O)c1sc(C2=NOC(c3cc(Cl)c(F)c(Cl)c3)C2)c2c1CCC2)NCC(F)(F)F. The van der Waals surface area contributed by atoms with Gasteiger partial charge in [0.15, 0.2) is 11.9 Å². The van der Waals surface area contributed by atoms with Gasteiger partial charge in [-0.1, -0.05) is 28.4 Å². The normalized spacial score (nSPS) is 17.2. The Morgan fingerprint density at radius 1 is 1.15 bits per heavy atom. The van der Waals surface area contributed by atoms with Crippen molar-refractivity contribution in [3.05, 3.63) is 54.4 Å². The fourth-order valence-corrected chi connectivity index (χ4v) is 5.65. The van der Waals surface area contributed by atoms with Crippen LogP contribution in [0.4, 0.5) is 17.6 Å². The number of nitrogens with one attached hydrogen (secondary N) is 2. The highest BCUT2D eigenvalue weighted by Gasteiger charge is 2.33. The minimum absolute atomic E-state index is 0.130. The zero-order valence-electron chi connectivity index (χ0n) is 17.3. The molecule has 0 radical (unpaired) electrons. The molecule has 6 nitrogen and oxygen atoms in total. The van der Waals surface area contributed by atoms with Gasteiger partial charge in [-0.3, -0.25) is 9.59 Å². The number of hydrogen-bond donors (Lipinski definition) is 2. The zero-order valence-corrected chi connectivity index (χ0v) is 19.7. The van der Waals surface area contributed by atoms with Crippen molar-refractivity contribution in [2.45, 2.75) is 38.0 Å². The number of amides is 2. The van der Waals surface area contributed by atoms with Gasteiger partial charge in [0.2, 0.25) is 5.91 Å². The topological polar surface area (TPSA) is 79.8 Å². The van der Waals surface area contributed by atoms with E-state index in [1.807, 2.05) is 0 Å². The maximum atomic E-state index is 13.7. The van der Waals surface area contributed by atoms with E-state index in [1.54, 1.807) is 5.32 Å². The predicted molar refractivity (Wildman–Crippen MR) is 119 cm³/mol. The lowest BCUT2D eigenvalue weighted by Crippen LogP contribution is -2.40. The number of oxime groups is 1. The molecule has 1 aliphatic carbocycles. The van der Waals surface area contributed by atoms with Gasteiger partial charge in [-0.2, -0.15) is 13.2 Å². The molecule has 0 spiro atoms. The second-order valence-corrected chi connectivity index (χ2v) is 9.62. The molecule has 2 aliphatic rings. The zero-order chi connectivity index (χ0) is 24.6. The second kappa shape index (κ2) is 9.71. The van der Waals surface area contributed by atoms with Crippen LogP contribution in [0.5, 0.6) is 0 Å². The van der Waals surface area contributed by atoms with Crippen molar-refractivity contribution in [2.75, 3.05) is 13.1 Å². The molecule has 1 unspecified atom stereocenters. The Labute approximate surface area is 205 Å². The summed E-state index contributed by atoms with van der Waals surface area (Å²) in [5.41, 5.74) is 2.99. The van der Waals surface area contributed by atoms with E-state index < -0.39 is 43.0 Å². The summed E-state index contributed by atoms with van der Waals surface area (Å²) in [6.07, 6.45) is -2.48. The molecular weight excluding hydrogens is 521 g/mol. The number of benzene rings is 1. The van der Waals surface area contributed by atoms with Gasteiger partial charge in [0.1, 0.15) is 12.3 Å². The molecule has 182 valence electrons. The third kappa shape index (κ3) is 5.31. The van der Waals surface area contributed by atoms with Gasteiger partial charge in [0.05, 0.1) is 26.3 Å². The van der Waals surface area contributed by atoms with Crippen LogP contribution in [0.15, 0.2) is 17.3 Å². The Morgan fingerprint density at radius 2 is 1.82 bits per heavy atom. The van der Waals surface area contributed by atoms with Crippen molar-refractivity contribution in [3.8, 4) is 0 Å². The van der Waals surface area contributed by atoms with Crippen LogP contribution >= 0.6 is 34.5 Å². The summed E-state index contributed by atoms with van der Waals surface area (Å²) in [4.78, 5) is 31.0. The molecule has 1 aromatic carbocycles. The first-order valence-corrected chi connectivity index (χ1v) is 11.7. The summed E-state index contributed by atoms with van der Waals surface area (Å²) in [7, 11) is 0. The van der Waals surface area contributed by atoms with E-state index in [9.17, 15) is 27.2 Å². The van der Waals surface area contributed by atoms with E-state index in [2.05, 4.69) is 10.5 Å². The standard InChI is InChI=1S/C21H17Cl2F4N3O3S/c22-12-4-9(5-13(23)17(12)24)15-6-14(30-33-15)18-10-2-1-3-11(10)19(34-18)20(32)28-7-16(31)29-8-21(25,26)27/h4-5,15H,1-3,6-8H2,(H,28,32)(H,29,31). The van der Waals surface area contributed by atoms with Crippen molar-refractivity contribution in [2.24, 2.45) is 5.16 Å². The molecule has 1 atom stereocenters. The number of rotatable bonds is 6. The van der Waals surface area contributed by atoms with Crippen molar-refractivity contribution in [3.63, 3.8) is 0 Å². The first-order chi connectivity index (χ1) is 16.0. The van der Waals surface area contributed by atoms with E-state index in [0.717, 1.165) is 28.8 Å². The van der Waals surface area contributed by atoms with Gasteiger partial charge in [-0.25, -0.2) is 4.39 Å². The molecular formula is C21H17Cl2F4N3O3S. The monoisotopic (exact) mass is 537 g/mol. The van der Waals surface area contributed by atoms with E-state index in [1.165, 1.54) is 23.5 Å². The number of carbonyl (C=O) groups excluding carboxylic acids is 2. The number of nitrogens with zero attached hydrogens (tertiary/aromatic N) is 1. The fraction of sp³-hybridized carbons (Fsp3) is 0.381. The number of thiophene rings is 1. The molecule has 2 amide bonds. The Bertz CT molecular complexity index is 1160.